The van der Waals surface area contributed by atoms with Gasteiger partial charge in [0.2, 0.25) is 0 Å². The molecule has 138 valence electrons. The summed E-state index contributed by atoms with van der Waals surface area (Å²) in [5.74, 6) is 0.665. The quantitative estimate of drug-likeness (QED) is 0.597. The minimum absolute atomic E-state index is 0.319. The van der Waals surface area contributed by atoms with Crippen LogP contribution in [-0.4, -0.2) is 18.2 Å². The maximum atomic E-state index is 11.2. The van der Waals surface area contributed by atoms with Gasteiger partial charge in [-0.2, -0.15) is 0 Å². The largest absolute Gasteiger partial charge is 0.496 e. The van der Waals surface area contributed by atoms with E-state index < -0.39 is 5.97 Å². The molecule has 4 rings (SSSR count). The van der Waals surface area contributed by atoms with Gasteiger partial charge < -0.3 is 9.84 Å². The van der Waals surface area contributed by atoms with Crippen LogP contribution < -0.4 is 4.74 Å². The van der Waals surface area contributed by atoms with Crippen molar-refractivity contribution in [2.45, 2.75) is 38.0 Å². The molecule has 0 atom stereocenters. The summed E-state index contributed by atoms with van der Waals surface area (Å²) in [4.78, 5) is 11.2. The molecule has 27 heavy (non-hydrogen) atoms. The Bertz CT molecular complexity index is 984. The van der Waals surface area contributed by atoms with E-state index in [4.69, 9.17) is 9.84 Å². The predicted octanol–water partition coefficient (Wildman–Crippen LogP) is 6.26. The van der Waals surface area contributed by atoms with E-state index in [-0.39, 0.29) is 0 Å². The van der Waals surface area contributed by atoms with Gasteiger partial charge in [-0.1, -0.05) is 43.5 Å². The van der Waals surface area contributed by atoms with Crippen LogP contribution in [0.2, 0.25) is 0 Å². The number of aromatic carboxylic acids is 1. The Morgan fingerprint density at radius 3 is 2.30 bits per heavy atom. The zero-order valence-electron chi connectivity index (χ0n) is 15.6. The molecule has 3 heteroatoms. The van der Waals surface area contributed by atoms with Crippen LogP contribution in [-0.2, 0) is 0 Å². The van der Waals surface area contributed by atoms with Gasteiger partial charge >= 0.3 is 5.97 Å². The Balaban J connectivity index is 1.73. The van der Waals surface area contributed by atoms with Crippen molar-refractivity contribution in [3.8, 4) is 16.9 Å². The number of benzene rings is 3. The van der Waals surface area contributed by atoms with E-state index in [2.05, 4.69) is 30.3 Å². The molecule has 3 aromatic carbocycles. The summed E-state index contributed by atoms with van der Waals surface area (Å²) in [5.41, 5.74) is 3.96. The fourth-order valence-electron chi connectivity index (χ4n) is 4.20. The van der Waals surface area contributed by atoms with Crippen molar-refractivity contribution < 1.29 is 14.6 Å². The van der Waals surface area contributed by atoms with Crippen LogP contribution in [0.1, 0.15) is 53.9 Å². The van der Waals surface area contributed by atoms with E-state index in [1.54, 1.807) is 19.2 Å². The highest BCUT2D eigenvalue weighted by Gasteiger charge is 2.20. The third-order valence-electron chi connectivity index (χ3n) is 5.70. The highest BCUT2D eigenvalue weighted by Crippen LogP contribution is 2.39. The lowest BCUT2D eigenvalue weighted by Gasteiger charge is -2.24. The molecule has 0 radical (unpaired) electrons. The number of carboxylic acids is 1. The summed E-state index contributed by atoms with van der Waals surface area (Å²) in [5, 5.41) is 11.2. The second-order valence-electron chi connectivity index (χ2n) is 7.37. The van der Waals surface area contributed by atoms with E-state index in [0.717, 1.165) is 22.1 Å². The van der Waals surface area contributed by atoms with E-state index in [1.165, 1.54) is 43.2 Å². The van der Waals surface area contributed by atoms with Crippen LogP contribution in [0.25, 0.3) is 21.9 Å². The summed E-state index contributed by atoms with van der Waals surface area (Å²) in [6, 6.07) is 17.9. The first-order chi connectivity index (χ1) is 13.2. The minimum Gasteiger partial charge on any atom is -0.496 e. The second kappa shape index (κ2) is 7.43. The number of rotatable bonds is 4. The van der Waals surface area contributed by atoms with E-state index >= 15 is 0 Å². The number of carboxylic acid groups (broad SMARTS) is 1. The monoisotopic (exact) mass is 360 g/mol. The van der Waals surface area contributed by atoms with Crippen molar-refractivity contribution in [3.05, 3.63) is 65.7 Å². The summed E-state index contributed by atoms with van der Waals surface area (Å²) < 4.78 is 5.64. The fraction of sp³-hybridized carbons (Fsp3) is 0.292. The number of carbonyl (C=O) groups is 1. The van der Waals surface area contributed by atoms with Crippen molar-refractivity contribution in [2.24, 2.45) is 0 Å². The van der Waals surface area contributed by atoms with Gasteiger partial charge in [-0.15, -0.1) is 0 Å². The molecule has 0 spiro atoms. The average Bonchev–Trinajstić information content (AvgIpc) is 2.73. The molecule has 3 nitrogen and oxygen atoms in total. The highest BCUT2D eigenvalue weighted by atomic mass is 16.5. The SMILES string of the molecule is COc1ccc(-c2ccc3cc(C(=O)O)ccc3c2)cc1C1CCCCC1. The molecule has 0 heterocycles. The number of fused-ring (bicyclic) bond motifs is 1. The summed E-state index contributed by atoms with van der Waals surface area (Å²) >= 11 is 0. The standard InChI is InChI=1S/C24H24O3/c1-27-23-12-11-20(15-22(23)16-5-3-2-4-6-16)18-7-8-19-14-21(24(25)26)10-9-17(19)13-18/h7-16H,2-6H2,1H3,(H,25,26). The van der Waals surface area contributed by atoms with Crippen LogP contribution in [0, 0.1) is 0 Å². The molecule has 1 fully saturated rings. The molecule has 1 aliphatic carbocycles. The second-order valence-corrected chi connectivity index (χ2v) is 7.37. The predicted molar refractivity (Wildman–Crippen MR) is 109 cm³/mol. The molecule has 3 aromatic rings. The average molecular weight is 360 g/mol. The van der Waals surface area contributed by atoms with Gasteiger partial charge in [0.15, 0.2) is 0 Å². The Hall–Kier alpha value is -2.81. The first kappa shape index (κ1) is 17.6. The van der Waals surface area contributed by atoms with Gasteiger partial charge in [0.1, 0.15) is 5.75 Å². The van der Waals surface area contributed by atoms with Gasteiger partial charge in [-0.3, -0.25) is 0 Å². The van der Waals surface area contributed by atoms with Crippen LogP contribution in [0.4, 0.5) is 0 Å². The highest BCUT2D eigenvalue weighted by molar-refractivity contribution is 5.95. The Labute approximate surface area is 159 Å². The number of hydrogen-bond donors (Lipinski definition) is 1. The normalized spacial score (nSPS) is 15.0. The molecule has 0 unspecified atom stereocenters. The van der Waals surface area contributed by atoms with Gasteiger partial charge in [-0.05, 0) is 76.6 Å². The van der Waals surface area contributed by atoms with Crippen LogP contribution in [0.15, 0.2) is 54.6 Å². The van der Waals surface area contributed by atoms with Crippen molar-refractivity contribution >= 4 is 16.7 Å². The lowest BCUT2D eigenvalue weighted by atomic mass is 9.82. The van der Waals surface area contributed by atoms with Crippen molar-refractivity contribution in [1.29, 1.82) is 0 Å². The van der Waals surface area contributed by atoms with Crippen LogP contribution in [0.5, 0.6) is 5.75 Å². The van der Waals surface area contributed by atoms with Gasteiger partial charge in [0.25, 0.3) is 0 Å². The summed E-state index contributed by atoms with van der Waals surface area (Å²) in [6.07, 6.45) is 6.38. The molecule has 0 saturated heterocycles. The molecule has 0 amide bonds. The molecule has 0 aromatic heterocycles. The minimum atomic E-state index is -0.895. The molecule has 1 aliphatic rings. The van der Waals surface area contributed by atoms with Crippen molar-refractivity contribution in [3.63, 3.8) is 0 Å². The zero-order chi connectivity index (χ0) is 18.8. The van der Waals surface area contributed by atoms with E-state index in [1.807, 2.05) is 12.1 Å². The molecular weight excluding hydrogens is 336 g/mol. The fourth-order valence-corrected chi connectivity index (χ4v) is 4.20. The van der Waals surface area contributed by atoms with Crippen molar-refractivity contribution in [2.75, 3.05) is 7.11 Å². The third kappa shape index (κ3) is 3.55. The topological polar surface area (TPSA) is 46.5 Å². The Morgan fingerprint density at radius 1 is 0.889 bits per heavy atom. The lowest BCUT2D eigenvalue weighted by Crippen LogP contribution is -2.06. The maximum absolute atomic E-state index is 11.2. The lowest BCUT2D eigenvalue weighted by molar-refractivity contribution is 0.0697. The number of ether oxygens (including phenoxy) is 1. The van der Waals surface area contributed by atoms with E-state index in [9.17, 15) is 4.79 Å². The molecule has 0 bridgehead atoms. The van der Waals surface area contributed by atoms with Gasteiger partial charge in [0.05, 0.1) is 12.7 Å². The number of hydrogen-bond acceptors (Lipinski definition) is 2. The maximum Gasteiger partial charge on any atom is 0.335 e. The first-order valence-electron chi connectivity index (χ1n) is 9.61. The van der Waals surface area contributed by atoms with Gasteiger partial charge in [0, 0.05) is 0 Å². The van der Waals surface area contributed by atoms with E-state index in [0.29, 0.717) is 11.5 Å². The first-order valence-corrected chi connectivity index (χ1v) is 9.61. The van der Waals surface area contributed by atoms with Crippen molar-refractivity contribution in [1.82, 2.24) is 0 Å². The Morgan fingerprint density at radius 2 is 1.56 bits per heavy atom. The number of methoxy groups -OCH3 is 1. The van der Waals surface area contributed by atoms with Gasteiger partial charge in [-0.25, -0.2) is 4.79 Å². The molecule has 1 N–H and O–H groups in total. The smallest absolute Gasteiger partial charge is 0.335 e. The van der Waals surface area contributed by atoms with Crippen LogP contribution >= 0.6 is 0 Å². The molecular formula is C24H24O3. The Kier molecular flexibility index (Phi) is 4.85. The zero-order valence-corrected chi connectivity index (χ0v) is 15.6. The van der Waals surface area contributed by atoms with Crippen LogP contribution in [0.3, 0.4) is 0 Å². The summed E-state index contributed by atoms with van der Waals surface area (Å²) in [6.45, 7) is 0. The molecule has 1 saturated carbocycles. The third-order valence-corrected chi connectivity index (χ3v) is 5.70. The molecule has 0 aliphatic heterocycles. The summed E-state index contributed by atoms with van der Waals surface area (Å²) in [7, 11) is 1.75.